The quantitative estimate of drug-likeness (QED) is 0.567. The molecule has 0 saturated heterocycles. The highest BCUT2D eigenvalue weighted by Crippen LogP contribution is 2.36. The zero-order valence-electron chi connectivity index (χ0n) is 12.6. The minimum Gasteiger partial charge on any atom is -0.379 e. The Bertz CT molecular complexity index is 487. The molecule has 1 aromatic carbocycles. The smallest absolute Gasteiger partial charge is 0.315 e. The van der Waals surface area contributed by atoms with E-state index in [0.29, 0.717) is 18.0 Å². The molecule has 0 aliphatic heterocycles. The van der Waals surface area contributed by atoms with Gasteiger partial charge in [0, 0.05) is 19.2 Å². The molecule has 0 aromatic heterocycles. The van der Waals surface area contributed by atoms with Gasteiger partial charge in [0.2, 0.25) is 0 Å². The van der Waals surface area contributed by atoms with E-state index in [1.807, 2.05) is 19.9 Å². The number of nitrogens with zero attached hydrogens (tertiary/aromatic N) is 1. The predicted molar refractivity (Wildman–Crippen MR) is 83.9 cm³/mol. The maximum Gasteiger partial charge on any atom is 0.315 e. The summed E-state index contributed by atoms with van der Waals surface area (Å²) in [5.41, 5.74) is 1.29. The number of hydrogen-bond donors (Lipinski definition) is 2. The topological polar surface area (TPSA) is 76.4 Å². The van der Waals surface area contributed by atoms with Gasteiger partial charge in [-0.1, -0.05) is 13.0 Å². The second-order valence-electron chi connectivity index (χ2n) is 5.28. The molecule has 2 rings (SSSR count). The van der Waals surface area contributed by atoms with E-state index < -0.39 is 0 Å². The van der Waals surface area contributed by atoms with E-state index in [1.54, 1.807) is 12.1 Å². The summed E-state index contributed by atoms with van der Waals surface area (Å²) in [6, 6.07) is 5.61. The summed E-state index contributed by atoms with van der Waals surface area (Å²) in [4.78, 5) is 11.0. The number of nitro benzene ring substituents is 1. The van der Waals surface area contributed by atoms with Gasteiger partial charge in [-0.15, -0.1) is 0 Å². The first-order valence-corrected chi connectivity index (χ1v) is 7.55. The van der Waals surface area contributed by atoms with Crippen LogP contribution in [-0.4, -0.2) is 30.2 Å². The van der Waals surface area contributed by atoms with Crippen LogP contribution in [0.25, 0.3) is 0 Å². The Hall–Kier alpha value is -1.82. The summed E-state index contributed by atoms with van der Waals surface area (Å²) in [6.07, 6.45) is 3.01. The van der Waals surface area contributed by atoms with Crippen molar-refractivity contribution >= 4 is 17.1 Å². The van der Waals surface area contributed by atoms with Crippen LogP contribution in [-0.2, 0) is 4.74 Å². The third-order valence-electron chi connectivity index (χ3n) is 3.64. The van der Waals surface area contributed by atoms with Crippen molar-refractivity contribution in [1.82, 2.24) is 0 Å². The van der Waals surface area contributed by atoms with Crippen molar-refractivity contribution in [3.8, 4) is 0 Å². The lowest BCUT2D eigenvalue weighted by atomic mass is 9.89. The number of para-hydroxylation sites is 1. The lowest BCUT2D eigenvalue weighted by molar-refractivity contribution is -0.383. The van der Waals surface area contributed by atoms with Crippen LogP contribution in [0.5, 0.6) is 0 Å². The summed E-state index contributed by atoms with van der Waals surface area (Å²) >= 11 is 0. The Balaban J connectivity index is 2.06. The average Bonchev–Trinajstić information content (AvgIpc) is 2.42. The predicted octanol–water partition coefficient (Wildman–Crippen LogP) is 3.40. The number of anilines is 2. The molecule has 0 amide bonds. The Morgan fingerprint density at radius 3 is 2.67 bits per heavy atom. The van der Waals surface area contributed by atoms with E-state index in [9.17, 15) is 10.1 Å². The molecule has 0 radical (unpaired) electrons. The molecule has 1 saturated carbocycles. The first-order chi connectivity index (χ1) is 10.2. The van der Waals surface area contributed by atoms with Gasteiger partial charge in [0.25, 0.3) is 0 Å². The third kappa shape index (κ3) is 3.85. The summed E-state index contributed by atoms with van der Waals surface area (Å²) in [5.74, 6) is 0. The first kappa shape index (κ1) is 15.6. The molecule has 116 valence electrons. The van der Waals surface area contributed by atoms with E-state index in [4.69, 9.17) is 4.74 Å². The van der Waals surface area contributed by atoms with Crippen LogP contribution in [0.3, 0.4) is 0 Å². The van der Waals surface area contributed by atoms with Crippen molar-refractivity contribution in [2.75, 3.05) is 23.8 Å². The van der Waals surface area contributed by atoms with Crippen LogP contribution in [0.4, 0.5) is 17.1 Å². The largest absolute Gasteiger partial charge is 0.379 e. The second-order valence-corrected chi connectivity index (χ2v) is 5.28. The number of benzene rings is 1. The van der Waals surface area contributed by atoms with Gasteiger partial charge in [-0.3, -0.25) is 10.1 Å². The molecule has 6 nitrogen and oxygen atoms in total. The standard InChI is InChI=1S/C15H23N3O3/c1-3-8-16-13-6-5-7-14(15(13)18(19)20)17-11-9-12(10-11)21-4-2/h5-7,11-12,16-17H,3-4,8-10H2,1-2H3. The fourth-order valence-electron chi connectivity index (χ4n) is 2.53. The molecule has 1 aliphatic rings. The Morgan fingerprint density at radius 1 is 1.33 bits per heavy atom. The van der Waals surface area contributed by atoms with Gasteiger partial charge in [0.1, 0.15) is 11.4 Å². The average molecular weight is 293 g/mol. The van der Waals surface area contributed by atoms with Gasteiger partial charge in [-0.2, -0.15) is 0 Å². The summed E-state index contributed by atoms with van der Waals surface area (Å²) in [5, 5.41) is 17.7. The van der Waals surface area contributed by atoms with Crippen LogP contribution < -0.4 is 10.6 Å². The van der Waals surface area contributed by atoms with Crippen LogP contribution >= 0.6 is 0 Å². The number of hydrogen-bond acceptors (Lipinski definition) is 5. The summed E-state index contributed by atoms with van der Waals surface area (Å²) in [6.45, 7) is 5.45. The molecule has 21 heavy (non-hydrogen) atoms. The lowest BCUT2D eigenvalue weighted by Gasteiger charge is -2.35. The van der Waals surface area contributed by atoms with Gasteiger partial charge < -0.3 is 15.4 Å². The van der Waals surface area contributed by atoms with Crippen LogP contribution in [0.2, 0.25) is 0 Å². The maximum absolute atomic E-state index is 11.4. The van der Waals surface area contributed by atoms with Crippen LogP contribution in [0.15, 0.2) is 18.2 Å². The molecule has 0 unspecified atom stereocenters. The van der Waals surface area contributed by atoms with E-state index >= 15 is 0 Å². The molecule has 0 spiro atoms. The Labute approximate surface area is 125 Å². The summed E-state index contributed by atoms with van der Waals surface area (Å²) in [7, 11) is 0. The highest BCUT2D eigenvalue weighted by atomic mass is 16.6. The third-order valence-corrected chi connectivity index (χ3v) is 3.64. The second kappa shape index (κ2) is 7.26. The molecular weight excluding hydrogens is 270 g/mol. The molecule has 0 heterocycles. The van der Waals surface area contributed by atoms with E-state index in [-0.39, 0.29) is 22.8 Å². The molecule has 0 atom stereocenters. The van der Waals surface area contributed by atoms with Gasteiger partial charge in [-0.25, -0.2) is 0 Å². The monoisotopic (exact) mass is 293 g/mol. The molecule has 6 heteroatoms. The van der Waals surface area contributed by atoms with Crippen molar-refractivity contribution in [3.63, 3.8) is 0 Å². The van der Waals surface area contributed by atoms with E-state index in [0.717, 1.165) is 25.8 Å². The van der Waals surface area contributed by atoms with E-state index in [1.165, 1.54) is 0 Å². The lowest BCUT2D eigenvalue weighted by Crippen LogP contribution is -2.40. The number of nitrogens with one attached hydrogen (secondary N) is 2. The number of ether oxygens (including phenoxy) is 1. The fourth-order valence-corrected chi connectivity index (χ4v) is 2.53. The van der Waals surface area contributed by atoms with Crippen molar-refractivity contribution in [3.05, 3.63) is 28.3 Å². The molecule has 0 bridgehead atoms. The maximum atomic E-state index is 11.4. The fraction of sp³-hybridized carbons (Fsp3) is 0.600. The normalized spacial score (nSPS) is 20.7. The van der Waals surface area contributed by atoms with Crippen molar-refractivity contribution < 1.29 is 9.66 Å². The number of rotatable bonds is 8. The molecule has 1 fully saturated rings. The SMILES string of the molecule is CCCNc1cccc(NC2CC(OCC)C2)c1[N+](=O)[O-]. The van der Waals surface area contributed by atoms with Gasteiger partial charge in [0.15, 0.2) is 0 Å². The first-order valence-electron chi connectivity index (χ1n) is 7.55. The zero-order valence-corrected chi connectivity index (χ0v) is 12.6. The Kier molecular flexibility index (Phi) is 5.38. The highest BCUT2D eigenvalue weighted by molar-refractivity contribution is 5.76. The summed E-state index contributed by atoms with van der Waals surface area (Å²) < 4.78 is 5.51. The van der Waals surface area contributed by atoms with Crippen LogP contribution in [0.1, 0.15) is 33.1 Å². The number of nitro groups is 1. The van der Waals surface area contributed by atoms with Crippen molar-refractivity contribution in [2.24, 2.45) is 0 Å². The van der Waals surface area contributed by atoms with Crippen LogP contribution in [0, 0.1) is 10.1 Å². The minimum absolute atomic E-state index is 0.130. The van der Waals surface area contributed by atoms with E-state index in [2.05, 4.69) is 10.6 Å². The van der Waals surface area contributed by atoms with Gasteiger partial charge in [-0.05, 0) is 38.3 Å². The highest BCUT2D eigenvalue weighted by Gasteiger charge is 2.31. The van der Waals surface area contributed by atoms with Crippen molar-refractivity contribution in [2.45, 2.75) is 45.3 Å². The van der Waals surface area contributed by atoms with Crippen molar-refractivity contribution in [1.29, 1.82) is 0 Å². The zero-order chi connectivity index (χ0) is 15.2. The Morgan fingerprint density at radius 2 is 2.05 bits per heavy atom. The molecule has 2 N–H and O–H groups in total. The minimum atomic E-state index is -0.320. The molecular formula is C15H23N3O3. The van der Waals surface area contributed by atoms with Gasteiger partial charge >= 0.3 is 5.69 Å². The molecule has 1 aliphatic carbocycles. The molecule has 1 aromatic rings. The van der Waals surface area contributed by atoms with Gasteiger partial charge in [0.05, 0.1) is 11.0 Å².